The van der Waals surface area contributed by atoms with Crippen molar-refractivity contribution in [2.75, 3.05) is 13.7 Å². The molecule has 1 aromatic carbocycles. The van der Waals surface area contributed by atoms with E-state index in [1.165, 1.54) is 7.11 Å². The van der Waals surface area contributed by atoms with E-state index in [9.17, 15) is 4.79 Å². The number of carbonyl (C=O) groups is 1. The van der Waals surface area contributed by atoms with Gasteiger partial charge >= 0.3 is 5.97 Å². The molecular weight excluding hydrogens is 230 g/mol. The maximum Gasteiger partial charge on any atom is 0.312 e. The van der Waals surface area contributed by atoms with E-state index in [1.54, 1.807) is 19.1 Å². The van der Waals surface area contributed by atoms with Gasteiger partial charge in [-0.1, -0.05) is 17.7 Å². The Balaban J connectivity index is 3.24. The molecule has 0 radical (unpaired) electrons. The highest BCUT2D eigenvalue weighted by atomic mass is 35.5. The van der Waals surface area contributed by atoms with E-state index in [1.807, 2.05) is 0 Å². The number of benzene rings is 1. The van der Waals surface area contributed by atoms with Crippen molar-refractivity contribution in [1.29, 1.82) is 0 Å². The van der Waals surface area contributed by atoms with E-state index in [0.29, 0.717) is 16.3 Å². The second-order valence-electron chi connectivity index (χ2n) is 3.48. The van der Waals surface area contributed by atoms with Gasteiger partial charge in [0.25, 0.3) is 0 Å². The molecule has 0 aliphatic carbocycles. The maximum absolute atomic E-state index is 11.0. The summed E-state index contributed by atoms with van der Waals surface area (Å²) in [6.45, 7) is 1.84. The van der Waals surface area contributed by atoms with Crippen LogP contribution in [0.4, 0.5) is 0 Å². The zero-order valence-electron chi connectivity index (χ0n) is 9.16. The van der Waals surface area contributed by atoms with Crippen LogP contribution in [0.3, 0.4) is 0 Å². The Morgan fingerprint density at radius 3 is 2.69 bits per heavy atom. The van der Waals surface area contributed by atoms with Gasteiger partial charge in [-0.15, -0.1) is 0 Å². The molecule has 88 valence electrons. The molecule has 1 rings (SSSR count). The Labute approximate surface area is 99.0 Å². The zero-order chi connectivity index (χ0) is 12.3. The first kappa shape index (κ1) is 12.8. The minimum Gasteiger partial charge on any atom is -0.495 e. The molecule has 0 saturated carbocycles. The molecule has 1 aromatic rings. The standard InChI is InChI=1S/C11H14ClNO3/c1-6-3-7(8(5-13)11(14)15)4-9(16-2)10(6)12/h3-4,8H,5,13H2,1-2H3,(H,14,15). The van der Waals surface area contributed by atoms with Crippen LogP contribution in [0.25, 0.3) is 0 Å². The van der Waals surface area contributed by atoms with Gasteiger partial charge < -0.3 is 15.6 Å². The minimum atomic E-state index is -0.953. The first-order valence-corrected chi connectivity index (χ1v) is 5.16. The molecule has 0 aliphatic rings. The summed E-state index contributed by atoms with van der Waals surface area (Å²) in [4.78, 5) is 11.0. The zero-order valence-corrected chi connectivity index (χ0v) is 9.91. The maximum atomic E-state index is 11.0. The highest BCUT2D eigenvalue weighted by Crippen LogP contribution is 2.31. The molecule has 16 heavy (non-hydrogen) atoms. The lowest BCUT2D eigenvalue weighted by molar-refractivity contribution is -0.138. The second-order valence-corrected chi connectivity index (χ2v) is 3.86. The molecule has 0 aliphatic heterocycles. The number of rotatable bonds is 4. The summed E-state index contributed by atoms with van der Waals surface area (Å²) in [5, 5.41) is 9.49. The monoisotopic (exact) mass is 243 g/mol. The van der Waals surface area contributed by atoms with Crippen LogP contribution in [0.1, 0.15) is 17.0 Å². The van der Waals surface area contributed by atoms with Crippen LogP contribution in [0.15, 0.2) is 12.1 Å². The molecule has 0 amide bonds. The van der Waals surface area contributed by atoms with Crippen LogP contribution in [0.2, 0.25) is 5.02 Å². The molecule has 3 N–H and O–H groups in total. The molecule has 0 heterocycles. The van der Waals surface area contributed by atoms with Gasteiger partial charge in [-0.2, -0.15) is 0 Å². The summed E-state index contributed by atoms with van der Waals surface area (Å²) in [6, 6.07) is 3.33. The van der Waals surface area contributed by atoms with Gasteiger partial charge in [-0.25, -0.2) is 0 Å². The van der Waals surface area contributed by atoms with E-state index < -0.39 is 11.9 Å². The van der Waals surface area contributed by atoms with Gasteiger partial charge in [0.2, 0.25) is 0 Å². The van der Waals surface area contributed by atoms with Gasteiger partial charge in [-0.3, -0.25) is 4.79 Å². The number of nitrogens with two attached hydrogens (primary N) is 1. The first-order chi connectivity index (χ1) is 7.51. The van der Waals surface area contributed by atoms with Crippen LogP contribution >= 0.6 is 11.6 Å². The van der Waals surface area contributed by atoms with Crippen molar-refractivity contribution in [2.45, 2.75) is 12.8 Å². The summed E-state index contributed by atoms with van der Waals surface area (Å²) in [5.41, 5.74) is 6.81. The van der Waals surface area contributed by atoms with Crippen LogP contribution in [-0.2, 0) is 4.79 Å². The Hall–Kier alpha value is -1.26. The second kappa shape index (κ2) is 5.18. The predicted molar refractivity (Wildman–Crippen MR) is 62.2 cm³/mol. The van der Waals surface area contributed by atoms with Crippen molar-refractivity contribution in [3.05, 3.63) is 28.3 Å². The Morgan fingerprint density at radius 2 is 2.25 bits per heavy atom. The van der Waals surface area contributed by atoms with Crippen LogP contribution in [0.5, 0.6) is 5.75 Å². The normalized spacial score (nSPS) is 12.2. The number of hydrogen-bond donors (Lipinski definition) is 2. The average molecular weight is 244 g/mol. The first-order valence-electron chi connectivity index (χ1n) is 4.78. The van der Waals surface area contributed by atoms with Crippen molar-refractivity contribution in [3.8, 4) is 5.75 Å². The van der Waals surface area contributed by atoms with Crippen molar-refractivity contribution < 1.29 is 14.6 Å². The van der Waals surface area contributed by atoms with Crippen molar-refractivity contribution in [2.24, 2.45) is 5.73 Å². The van der Waals surface area contributed by atoms with Crippen molar-refractivity contribution in [3.63, 3.8) is 0 Å². The highest BCUT2D eigenvalue weighted by molar-refractivity contribution is 6.32. The van der Waals surface area contributed by atoms with E-state index in [2.05, 4.69) is 0 Å². The lowest BCUT2D eigenvalue weighted by Crippen LogP contribution is -2.21. The number of carboxylic acids is 1. The topological polar surface area (TPSA) is 72.5 Å². The molecule has 5 heteroatoms. The van der Waals surface area contributed by atoms with E-state index in [-0.39, 0.29) is 6.54 Å². The Bertz CT molecular complexity index is 406. The third kappa shape index (κ3) is 2.46. The number of aliphatic carboxylic acids is 1. The van der Waals surface area contributed by atoms with Gasteiger partial charge in [0, 0.05) is 6.54 Å². The number of carboxylic acid groups (broad SMARTS) is 1. The van der Waals surface area contributed by atoms with Gasteiger partial charge in [0.1, 0.15) is 5.75 Å². The Morgan fingerprint density at radius 1 is 1.62 bits per heavy atom. The van der Waals surface area contributed by atoms with Crippen molar-refractivity contribution in [1.82, 2.24) is 0 Å². The molecule has 1 unspecified atom stereocenters. The number of methoxy groups -OCH3 is 1. The fourth-order valence-corrected chi connectivity index (χ4v) is 1.68. The summed E-state index contributed by atoms with van der Waals surface area (Å²) < 4.78 is 5.08. The number of ether oxygens (including phenoxy) is 1. The quantitative estimate of drug-likeness (QED) is 0.846. The lowest BCUT2D eigenvalue weighted by atomic mass is 9.97. The van der Waals surface area contributed by atoms with E-state index >= 15 is 0 Å². The van der Waals surface area contributed by atoms with Gasteiger partial charge in [0.15, 0.2) is 0 Å². The smallest absolute Gasteiger partial charge is 0.312 e. The summed E-state index contributed by atoms with van der Waals surface area (Å²) in [7, 11) is 1.49. The fourth-order valence-electron chi connectivity index (χ4n) is 1.49. The Kier molecular flexibility index (Phi) is 4.15. The number of halogens is 1. The minimum absolute atomic E-state index is 0.0412. The summed E-state index contributed by atoms with van der Waals surface area (Å²) in [5.74, 6) is -1.22. The van der Waals surface area contributed by atoms with Gasteiger partial charge in [0.05, 0.1) is 18.1 Å². The SMILES string of the molecule is COc1cc(C(CN)C(=O)O)cc(C)c1Cl. The molecule has 4 nitrogen and oxygen atoms in total. The number of aryl methyl sites for hydroxylation is 1. The lowest BCUT2D eigenvalue weighted by Gasteiger charge is -2.14. The van der Waals surface area contributed by atoms with Crippen LogP contribution in [-0.4, -0.2) is 24.7 Å². The molecular formula is C11H14ClNO3. The van der Waals surface area contributed by atoms with Gasteiger partial charge in [-0.05, 0) is 24.1 Å². The molecule has 0 bridgehead atoms. The molecule has 0 aromatic heterocycles. The highest BCUT2D eigenvalue weighted by Gasteiger charge is 2.20. The number of hydrogen-bond acceptors (Lipinski definition) is 3. The fraction of sp³-hybridized carbons (Fsp3) is 0.364. The summed E-state index contributed by atoms with van der Waals surface area (Å²) >= 11 is 5.99. The largest absolute Gasteiger partial charge is 0.495 e. The van der Waals surface area contributed by atoms with Crippen molar-refractivity contribution >= 4 is 17.6 Å². The third-order valence-electron chi connectivity index (χ3n) is 2.40. The molecule has 0 saturated heterocycles. The van der Waals surface area contributed by atoms with E-state index in [0.717, 1.165) is 5.56 Å². The molecule has 0 fully saturated rings. The van der Waals surface area contributed by atoms with E-state index in [4.69, 9.17) is 27.2 Å². The predicted octanol–water partition coefficient (Wildman–Crippen LogP) is 1.78. The summed E-state index contributed by atoms with van der Waals surface area (Å²) in [6.07, 6.45) is 0. The third-order valence-corrected chi connectivity index (χ3v) is 2.88. The molecule has 0 spiro atoms. The van der Waals surface area contributed by atoms with Crippen LogP contribution < -0.4 is 10.5 Å². The van der Waals surface area contributed by atoms with Crippen LogP contribution in [0, 0.1) is 6.92 Å². The average Bonchev–Trinajstić information content (AvgIpc) is 2.23. The molecule has 1 atom stereocenters.